The SMILES string of the molecule is COc1ccccc1CNC(=O)COC(=O)CN1C(=O)c2cc(Cl)c(Cl)cc2C1=O. The molecule has 30 heavy (non-hydrogen) atoms. The Labute approximate surface area is 181 Å². The van der Waals surface area contributed by atoms with Crippen molar-refractivity contribution in [1.29, 1.82) is 0 Å². The number of rotatable bonds is 7. The van der Waals surface area contributed by atoms with Crippen LogP contribution in [0.25, 0.3) is 0 Å². The number of ether oxygens (including phenoxy) is 2. The van der Waals surface area contributed by atoms with Crippen LogP contribution < -0.4 is 10.1 Å². The molecule has 0 aromatic heterocycles. The second kappa shape index (κ2) is 9.15. The Morgan fingerprint density at radius 3 is 2.23 bits per heavy atom. The first-order valence-electron chi connectivity index (χ1n) is 8.71. The zero-order chi connectivity index (χ0) is 21.8. The van der Waals surface area contributed by atoms with Crippen molar-refractivity contribution in [2.75, 3.05) is 20.3 Å². The topological polar surface area (TPSA) is 102 Å². The average Bonchev–Trinajstić information content (AvgIpc) is 2.95. The third kappa shape index (κ3) is 4.55. The minimum Gasteiger partial charge on any atom is -0.496 e. The van der Waals surface area contributed by atoms with E-state index in [-0.39, 0.29) is 27.7 Å². The summed E-state index contributed by atoms with van der Waals surface area (Å²) in [4.78, 5) is 49.4. The Kier molecular flexibility index (Phi) is 6.59. The van der Waals surface area contributed by atoms with Gasteiger partial charge >= 0.3 is 5.97 Å². The molecule has 156 valence electrons. The number of nitrogens with zero attached hydrogens (tertiary/aromatic N) is 1. The average molecular weight is 451 g/mol. The van der Waals surface area contributed by atoms with Crippen LogP contribution in [0.3, 0.4) is 0 Å². The molecule has 0 unspecified atom stereocenters. The van der Waals surface area contributed by atoms with Crippen molar-refractivity contribution in [2.24, 2.45) is 0 Å². The number of halogens is 2. The van der Waals surface area contributed by atoms with Crippen LogP contribution in [-0.2, 0) is 20.9 Å². The van der Waals surface area contributed by atoms with E-state index in [1.165, 1.54) is 19.2 Å². The van der Waals surface area contributed by atoms with Crippen molar-refractivity contribution in [3.8, 4) is 5.75 Å². The second-order valence-electron chi connectivity index (χ2n) is 6.26. The quantitative estimate of drug-likeness (QED) is 0.513. The van der Waals surface area contributed by atoms with Gasteiger partial charge in [-0.3, -0.25) is 24.1 Å². The monoisotopic (exact) mass is 450 g/mol. The lowest BCUT2D eigenvalue weighted by Gasteiger charge is -2.13. The summed E-state index contributed by atoms with van der Waals surface area (Å²) in [5.74, 6) is -2.22. The lowest BCUT2D eigenvalue weighted by atomic mass is 10.1. The molecule has 1 aliphatic heterocycles. The summed E-state index contributed by atoms with van der Waals surface area (Å²) in [7, 11) is 1.52. The summed E-state index contributed by atoms with van der Waals surface area (Å²) >= 11 is 11.8. The Morgan fingerprint density at radius 1 is 1.03 bits per heavy atom. The maximum absolute atomic E-state index is 12.4. The van der Waals surface area contributed by atoms with Crippen molar-refractivity contribution in [2.45, 2.75) is 6.54 Å². The van der Waals surface area contributed by atoms with E-state index in [0.29, 0.717) is 10.6 Å². The first kappa shape index (κ1) is 21.6. The fourth-order valence-corrected chi connectivity index (χ4v) is 3.17. The summed E-state index contributed by atoms with van der Waals surface area (Å²) in [5, 5.41) is 2.83. The number of benzene rings is 2. The Morgan fingerprint density at radius 2 is 1.63 bits per heavy atom. The van der Waals surface area contributed by atoms with Gasteiger partial charge in [0.1, 0.15) is 12.3 Å². The van der Waals surface area contributed by atoms with Gasteiger partial charge in [-0.15, -0.1) is 0 Å². The Bertz CT molecular complexity index is 999. The maximum atomic E-state index is 12.4. The molecule has 0 aliphatic carbocycles. The van der Waals surface area contributed by atoms with Crippen LogP contribution in [0.5, 0.6) is 5.75 Å². The fourth-order valence-electron chi connectivity index (χ4n) is 2.84. The third-order valence-electron chi connectivity index (χ3n) is 4.33. The van der Waals surface area contributed by atoms with Gasteiger partial charge in [-0.1, -0.05) is 41.4 Å². The molecular weight excluding hydrogens is 435 g/mol. The van der Waals surface area contributed by atoms with Crippen LogP contribution in [0.2, 0.25) is 10.0 Å². The van der Waals surface area contributed by atoms with E-state index in [2.05, 4.69) is 5.32 Å². The Balaban J connectivity index is 1.52. The Hall–Kier alpha value is -3.10. The molecule has 1 aliphatic rings. The number of nitrogens with one attached hydrogen (secondary N) is 1. The lowest BCUT2D eigenvalue weighted by Crippen LogP contribution is -2.37. The van der Waals surface area contributed by atoms with Crippen molar-refractivity contribution < 1.29 is 28.7 Å². The maximum Gasteiger partial charge on any atom is 0.326 e. The van der Waals surface area contributed by atoms with E-state index in [9.17, 15) is 19.2 Å². The molecule has 0 bridgehead atoms. The van der Waals surface area contributed by atoms with Crippen LogP contribution in [-0.4, -0.2) is 48.9 Å². The predicted molar refractivity (Wildman–Crippen MR) is 108 cm³/mol. The van der Waals surface area contributed by atoms with Crippen molar-refractivity contribution in [1.82, 2.24) is 10.2 Å². The van der Waals surface area contributed by atoms with E-state index in [1.807, 2.05) is 0 Å². The number of para-hydroxylation sites is 1. The molecule has 0 fully saturated rings. The minimum atomic E-state index is -0.908. The molecule has 0 saturated carbocycles. The summed E-state index contributed by atoms with van der Waals surface area (Å²) in [6, 6.07) is 9.68. The van der Waals surface area contributed by atoms with E-state index in [0.717, 1.165) is 5.56 Å². The number of hydrogen-bond acceptors (Lipinski definition) is 6. The van der Waals surface area contributed by atoms with Crippen LogP contribution in [0.4, 0.5) is 0 Å². The summed E-state index contributed by atoms with van der Waals surface area (Å²) in [6.07, 6.45) is 0. The van der Waals surface area contributed by atoms with E-state index < -0.39 is 36.8 Å². The molecule has 0 atom stereocenters. The number of esters is 1. The largest absolute Gasteiger partial charge is 0.496 e. The molecule has 3 amide bonds. The number of carbonyl (C=O) groups is 4. The van der Waals surface area contributed by atoms with Gasteiger partial charge < -0.3 is 14.8 Å². The van der Waals surface area contributed by atoms with Crippen LogP contribution in [0.15, 0.2) is 36.4 Å². The minimum absolute atomic E-state index is 0.0525. The molecule has 8 nitrogen and oxygen atoms in total. The first-order chi connectivity index (χ1) is 14.3. The van der Waals surface area contributed by atoms with Gasteiger partial charge in [0, 0.05) is 12.1 Å². The van der Waals surface area contributed by atoms with E-state index in [4.69, 9.17) is 32.7 Å². The van der Waals surface area contributed by atoms with Gasteiger partial charge in [0.2, 0.25) is 0 Å². The third-order valence-corrected chi connectivity index (χ3v) is 5.05. The van der Waals surface area contributed by atoms with Gasteiger partial charge in [-0.05, 0) is 18.2 Å². The van der Waals surface area contributed by atoms with Gasteiger partial charge in [0.15, 0.2) is 6.61 Å². The zero-order valence-corrected chi connectivity index (χ0v) is 17.2. The molecular formula is C20H16Cl2N2O6. The molecule has 1 heterocycles. The molecule has 2 aromatic carbocycles. The second-order valence-corrected chi connectivity index (χ2v) is 7.07. The van der Waals surface area contributed by atoms with Crippen LogP contribution in [0, 0.1) is 0 Å². The number of amides is 3. The molecule has 2 aromatic rings. The molecule has 3 rings (SSSR count). The van der Waals surface area contributed by atoms with Crippen molar-refractivity contribution in [3.05, 3.63) is 63.1 Å². The first-order valence-corrected chi connectivity index (χ1v) is 9.47. The predicted octanol–water partition coefficient (Wildman–Crippen LogP) is 2.46. The van der Waals surface area contributed by atoms with E-state index in [1.54, 1.807) is 24.3 Å². The summed E-state index contributed by atoms with van der Waals surface area (Å²) in [5.41, 5.74) is 0.858. The highest BCUT2D eigenvalue weighted by Gasteiger charge is 2.37. The zero-order valence-electron chi connectivity index (χ0n) is 15.7. The highest BCUT2D eigenvalue weighted by molar-refractivity contribution is 6.43. The number of methoxy groups -OCH3 is 1. The normalized spacial score (nSPS) is 12.6. The molecule has 0 saturated heterocycles. The van der Waals surface area contributed by atoms with Gasteiger partial charge in [0.25, 0.3) is 17.7 Å². The molecule has 0 radical (unpaired) electrons. The van der Waals surface area contributed by atoms with Crippen molar-refractivity contribution >= 4 is 46.9 Å². The molecule has 1 N–H and O–H groups in total. The smallest absolute Gasteiger partial charge is 0.326 e. The fraction of sp³-hybridized carbons (Fsp3) is 0.200. The van der Waals surface area contributed by atoms with Gasteiger partial charge in [-0.25, -0.2) is 0 Å². The highest BCUT2D eigenvalue weighted by atomic mass is 35.5. The summed E-state index contributed by atoms with van der Waals surface area (Å²) in [6.45, 7) is -1.02. The summed E-state index contributed by atoms with van der Waals surface area (Å²) < 4.78 is 10.1. The highest BCUT2D eigenvalue weighted by Crippen LogP contribution is 2.31. The number of fused-ring (bicyclic) bond motifs is 1. The van der Waals surface area contributed by atoms with Crippen LogP contribution >= 0.6 is 23.2 Å². The van der Waals surface area contributed by atoms with Gasteiger partial charge in [0.05, 0.1) is 28.3 Å². The standard InChI is InChI=1S/C20H16Cl2N2O6/c1-29-16-5-3-2-4-11(16)8-23-17(25)10-30-18(26)9-24-19(27)12-6-14(21)15(22)7-13(12)20(24)28/h2-7H,8-10H2,1H3,(H,23,25). The van der Waals surface area contributed by atoms with Gasteiger partial charge in [-0.2, -0.15) is 0 Å². The number of hydrogen-bond donors (Lipinski definition) is 1. The van der Waals surface area contributed by atoms with E-state index >= 15 is 0 Å². The lowest BCUT2D eigenvalue weighted by molar-refractivity contribution is -0.148. The van der Waals surface area contributed by atoms with Crippen molar-refractivity contribution in [3.63, 3.8) is 0 Å². The number of carbonyl (C=O) groups excluding carboxylic acids is 4. The number of imide groups is 1. The van der Waals surface area contributed by atoms with Crippen LogP contribution in [0.1, 0.15) is 26.3 Å². The molecule has 10 heteroatoms. The molecule has 0 spiro atoms.